The molecule has 1 aliphatic heterocycles. The highest BCUT2D eigenvalue weighted by Crippen LogP contribution is 2.39. The van der Waals surface area contributed by atoms with E-state index in [1.807, 2.05) is 30.3 Å². The highest BCUT2D eigenvalue weighted by atomic mass is 32.1. The van der Waals surface area contributed by atoms with Gasteiger partial charge in [0, 0.05) is 30.6 Å². The highest BCUT2D eigenvalue weighted by Gasteiger charge is 2.38. The summed E-state index contributed by atoms with van der Waals surface area (Å²) in [5.41, 5.74) is 0.830. The first kappa shape index (κ1) is 32.6. The molecule has 1 fully saturated rings. The minimum Gasteiger partial charge on any atom is -0.494 e. The minimum atomic E-state index is -5.08. The van der Waals surface area contributed by atoms with Crippen LogP contribution in [0.2, 0.25) is 0 Å². The second-order valence-electron chi connectivity index (χ2n) is 9.73. The molecule has 0 bridgehead atoms. The van der Waals surface area contributed by atoms with Crippen molar-refractivity contribution >= 4 is 50.0 Å². The van der Waals surface area contributed by atoms with Gasteiger partial charge in [0.05, 0.1) is 37.1 Å². The number of amides is 1. The maximum atomic E-state index is 13.8. The van der Waals surface area contributed by atoms with Crippen LogP contribution < -0.4 is 15.6 Å². The molecule has 4 aromatic rings. The van der Waals surface area contributed by atoms with Gasteiger partial charge >= 0.3 is 12.1 Å². The molecule has 1 saturated heterocycles. The van der Waals surface area contributed by atoms with Gasteiger partial charge in [0.15, 0.2) is 11.5 Å². The summed E-state index contributed by atoms with van der Waals surface area (Å²) in [5.74, 6) is -2.94. The van der Waals surface area contributed by atoms with Crippen LogP contribution in [0.25, 0.3) is 21.0 Å². The van der Waals surface area contributed by atoms with Crippen LogP contribution in [0.15, 0.2) is 59.4 Å². The molecule has 1 amide bonds. The summed E-state index contributed by atoms with van der Waals surface area (Å²) in [6.45, 7) is 4.60. The Hall–Kier alpha value is -4.27. The number of carbonyl (C=O) groups is 3. The fraction of sp³-hybridized carbons (Fsp3) is 0.333. The number of hydrogen-bond donors (Lipinski definition) is 2. The quantitative estimate of drug-likeness (QED) is 0.208. The lowest BCUT2D eigenvalue weighted by molar-refractivity contribution is -0.192. The molecule has 0 aliphatic carbocycles. The number of carboxylic acid groups (broad SMARTS) is 1. The van der Waals surface area contributed by atoms with Gasteiger partial charge in [0.1, 0.15) is 10.3 Å². The van der Waals surface area contributed by atoms with Crippen molar-refractivity contribution in [1.82, 2.24) is 14.8 Å². The molecule has 2 aromatic heterocycles. The Morgan fingerprint density at radius 1 is 1.05 bits per heavy atom. The number of aromatic nitrogens is 1. The number of hydrogen-bond acceptors (Lipinski definition) is 8. The Labute approximate surface area is 253 Å². The number of ether oxygens (including phenoxy) is 2. The van der Waals surface area contributed by atoms with Crippen molar-refractivity contribution in [2.45, 2.75) is 19.1 Å². The number of ketones is 1. The van der Waals surface area contributed by atoms with Crippen molar-refractivity contribution in [3.8, 4) is 5.75 Å². The Bertz CT molecular complexity index is 1700. The third-order valence-corrected chi connectivity index (χ3v) is 8.06. The number of para-hydroxylation sites is 1. The minimum absolute atomic E-state index is 0.110. The van der Waals surface area contributed by atoms with E-state index in [-0.39, 0.29) is 29.5 Å². The summed E-state index contributed by atoms with van der Waals surface area (Å²) < 4.78 is 44.9. The van der Waals surface area contributed by atoms with E-state index in [0.717, 1.165) is 44.7 Å². The van der Waals surface area contributed by atoms with Gasteiger partial charge in [0.2, 0.25) is 0 Å². The highest BCUT2D eigenvalue weighted by molar-refractivity contribution is 7.22. The van der Waals surface area contributed by atoms with Crippen molar-refractivity contribution in [2.24, 2.45) is 0 Å². The number of benzene rings is 2. The van der Waals surface area contributed by atoms with Crippen LogP contribution in [0.3, 0.4) is 0 Å². The molecule has 10 nitrogen and oxygen atoms in total. The number of nitrogens with one attached hydrogen (secondary N) is 1. The van der Waals surface area contributed by atoms with Gasteiger partial charge in [-0.05, 0) is 19.0 Å². The van der Waals surface area contributed by atoms with Crippen molar-refractivity contribution in [3.05, 3.63) is 75.4 Å². The summed E-state index contributed by atoms with van der Waals surface area (Å²) in [6.07, 6.45) is -4.27. The van der Waals surface area contributed by atoms with E-state index in [0.29, 0.717) is 32.6 Å². The molecule has 234 valence electrons. The Morgan fingerprint density at radius 3 is 2.32 bits per heavy atom. The number of halogens is 3. The number of methoxy groups -OCH3 is 1. The van der Waals surface area contributed by atoms with Gasteiger partial charge in [-0.2, -0.15) is 13.2 Å². The summed E-state index contributed by atoms with van der Waals surface area (Å²) in [4.78, 5) is 51.5. The number of morpholine rings is 1. The number of Topliss-reactive ketones (excluding diaryl/α,β-unsaturated/α-hetero) is 1. The molecule has 0 spiro atoms. The van der Waals surface area contributed by atoms with E-state index in [1.54, 1.807) is 24.3 Å². The zero-order valence-corrected chi connectivity index (χ0v) is 24.5. The molecule has 2 N–H and O–H groups in total. The predicted molar refractivity (Wildman–Crippen MR) is 159 cm³/mol. The molecule has 0 radical (unpaired) electrons. The number of aliphatic carboxylic acids is 1. The molecule has 2 aromatic carbocycles. The second-order valence-corrected chi connectivity index (χ2v) is 10.8. The first-order valence-corrected chi connectivity index (χ1v) is 14.4. The summed E-state index contributed by atoms with van der Waals surface area (Å²) in [6, 6.07) is 16.4. The standard InChI is InChI=1S/C28H29N3O5S.C2HF3O2/c1-35-24-23-25(37-26(24)27(33)29-12-7-13-30-14-16-36-17-15-30)20-10-5-6-11-21(20)31(28(23)34)18-22(32)19-8-3-2-4-9-19;3-2(4,5)1(6)7/h2-6,8-11H,7,12-18H2,1H3,(H,29,33);(H,6,7). The average molecular weight is 634 g/mol. The van der Waals surface area contributed by atoms with Crippen LogP contribution in [-0.2, 0) is 16.1 Å². The fourth-order valence-electron chi connectivity index (χ4n) is 4.72. The number of fused-ring (bicyclic) bond motifs is 3. The molecular weight excluding hydrogens is 603 g/mol. The summed E-state index contributed by atoms with van der Waals surface area (Å²) in [5, 5.41) is 11.2. The van der Waals surface area contributed by atoms with E-state index in [2.05, 4.69) is 10.2 Å². The van der Waals surface area contributed by atoms with Gasteiger partial charge < -0.3 is 19.9 Å². The second kappa shape index (κ2) is 14.5. The Balaban J connectivity index is 0.000000566. The molecule has 3 heterocycles. The number of rotatable bonds is 9. The normalized spacial score (nSPS) is 13.7. The van der Waals surface area contributed by atoms with E-state index >= 15 is 0 Å². The fourth-order valence-corrected chi connectivity index (χ4v) is 5.93. The molecule has 0 saturated carbocycles. The van der Waals surface area contributed by atoms with Crippen LogP contribution in [0.1, 0.15) is 26.5 Å². The molecule has 14 heteroatoms. The number of nitrogens with zero attached hydrogens (tertiary/aromatic N) is 2. The van der Waals surface area contributed by atoms with Crippen molar-refractivity contribution in [1.29, 1.82) is 0 Å². The van der Waals surface area contributed by atoms with E-state index in [1.165, 1.54) is 23.0 Å². The maximum Gasteiger partial charge on any atom is 0.490 e. The third-order valence-electron chi connectivity index (χ3n) is 6.85. The molecule has 0 unspecified atom stereocenters. The van der Waals surface area contributed by atoms with Crippen LogP contribution in [-0.4, -0.2) is 84.9 Å². The van der Waals surface area contributed by atoms with Crippen LogP contribution in [0.4, 0.5) is 13.2 Å². The van der Waals surface area contributed by atoms with Gasteiger partial charge in [0.25, 0.3) is 11.5 Å². The first-order valence-electron chi connectivity index (χ1n) is 13.6. The molecule has 1 aliphatic rings. The zero-order chi connectivity index (χ0) is 31.9. The average Bonchev–Trinajstić information content (AvgIpc) is 3.42. The van der Waals surface area contributed by atoms with E-state index in [9.17, 15) is 27.6 Å². The number of thiophene rings is 1. The van der Waals surface area contributed by atoms with Gasteiger partial charge in [-0.1, -0.05) is 48.5 Å². The SMILES string of the molecule is COc1c(C(=O)NCCCN2CCOCC2)sc2c1c(=O)n(CC(=O)c1ccccc1)c1ccccc21.O=C(O)C(F)(F)F. The molecular formula is C30H30F3N3O7S. The zero-order valence-electron chi connectivity index (χ0n) is 23.7. The van der Waals surface area contributed by atoms with Gasteiger partial charge in [-0.3, -0.25) is 23.9 Å². The first-order chi connectivity index (χ1) is 21.0. The van der Waals surface area contributed by atoms with Crippen LogP contribution in [0.5, 0.6) is 5.75 Å². The molecule has 5 rings (SSSR count). The van der Waals surface area contributed by atoms with Crippen LogP contribution >= 0.6 is 11.3 Å². The monoisotopic (exact) mass is 633 g/mol. The van der Waals surface area contributed by atoms with Crippen molar-refractivity contribution in [3.63, 3.8) is 0 Å². The largest absolute Gasteiger partial charge is 0.494 e. The van der Waals surface area contributed by atoms with Crippen molar-refractivity contribution in [2.75, 3.05) is 46.5 Å². The molecule has 0 atom stereocenters. The van der Waals surface area contributed by atoms with E-state index < -0.39 is 12.1 Å². The Morgan fingerprint density at radius 2 is 1.68 bits per heavy atom. The predicted octanol–water partition coefficient (Wildman–Crippen LogP) is 4.19. The number of carbonyl (C=O) groups excluding carboxylic acids is 2. The number of pyridine rings is 1. The number of alkyl halides is 3. The molecule has 44 heavy (non-hydrogen) atoms. The van der Waals surface area contributed by atoms with Crippen LogP contribution in [0, 0.1) is 0 Å². The Kier molecular flexibility index (Phi) is 10.7. The maximum absolute atomic E-state index is 13.8. The van der Waals surface area contributed by atoms with Crippen molar-refractivity contribution < 1.29 is 42.1 Å². The summed E-state index contributed by atoms with van der Waals surface area (Å²) >= 11 is 1.25. The topological polar surface area (TPSA) is 127 Å². The summed E-state index contributed by atoms with van der Waals surface area (Å²) in [7, 11) is 1.46. The van der Waals surface area contributed by atoms with Gasteiger partial charge in [-0.25, -0.2) is 4.79 Å². The lowest BCUT2D eigenvalue weighted by Gasteiger charge is -2.26. The number of carboxylic acids is 1. The lowest BCUT2D eigenvalue weighted by atomic mass is 10.1. The van der Waals surface area contributed by atoms with Gasteiger partial charge in [-0.15, -0.1) is 11.3 Å². The third kappa shape index (κ3) is 7.62. The lowest BCUT2D eigenvalue weighted by Crippen LogP contribution is -2.38. The van der Waals surface area contributed by atoms with E-state index in [4.69, 9.17) is 19.4 Å². The smallest absolute Gasteiger partial charge is 0.490 e.